The minimum absolute atomic E-state index is 0.0906. The third-order valence-electron chi connectivity index (χ3n) is 4.66. The summed E-state index contributed by atoms with van der Waals surface area (Å²) >= 11 is 1.85. The van der Waals surface area contributed by atoms with Crippen molar-refractivity contribution in [3.63, 3.8) is 0 Å². The zero-order chi connectivity index (χ0) is 19.1. The minimum atomic E-state index is -1.05. The van der Waals surface area contributed by atoms with E-state index >= 15 is 0 Å². The Balaban J connectivity index is 1.52. The number of ether oxygens (including phenoxy) is 1. The summed E-state index contributed by atoms with van der Waals surface area (Å²) in [4.78, 5) is 33.7. The molecule has 148 valence electrons. The maximum atomic E-state index is 11.8. The molecule has 0 aromatic carbocycles. The highest BCUT2D eigenvalue weighted by molar-refractivity contribution is 8.00. The molecule has 2 rings (SSSR count). The van der Waals surface area contributed by atoms with Crippen molar-refractivity contribution in [1.29, 1.82) is 0 Å². The van der Waals surface area contributed by atoms with Crippen molar-refractivity contribution in [3.8, 4) is 0 Å². The molecule has 2 amide bonds. The topological polar surface area (TPSA) is 157 Å². The zero-order valence-corrected chi connectivity index (χ0v) is 15.5. The predicted molar refractivity (Wildman–Crippen MR) is 97.5 cm³/mol. The number of hydrogen-bond donors (Lipinski definition) is 5. The number of hydrogen-bond acceptors (Lipinski definition) is 7. The van der Waals surface area contributed by atoms with Crippen LogP contribution in [0.4, 0.5) is 4.79 Å². The van der Waals surface area contributed by atoms with E-state index in [9.17, 15) is 14.4 Å². The van der Waals surface area contributed by atoms with Gasteiger partial charge in [-0.15, -0.1) is 0 Å². The van der Waals surface area contributed by atoms with E-state index in [4.69, 9.17) is 21.3 Å². The molecule has 2 aliphatic heterocycles. The van der Waals surface area contributed by atoms with Crippen LogP contribution in [-0.2, 0) is 14.3 Å². The number of esters is 1. The van der Waals surface area contributed by atoms with Crippen molar-refractivity contribution in [1.82, 2.24) is 10.6 Å². The zero-order valence-electron chi connectivity index (χ0n) is 14.7. The lowest BCUT2D eigenvalue weighted by Crippen LogP contribution is -2.36. The molecule has 5 atom stereocenters. The molecule has 26 heavy (non-hydrogen) atoms. The molecule has 1 unspecified atom stereocenters. The molecule has 2 saturated heterocycles. The summed E-state index contributed by atoms with van der Waals surface area (Å²) in [7, 11) is 0. The minimum Gasteiger partial charge on any atom is -0.480 e. The Kier molecular flexibility index (Phi) is 7.98. The SMILES string of the molecule is NC(CCC[C@H](N)C(=O)O)OC(=O)CCCC[C@@H]1SC[C@@H]2NC(=O)N[C@@H]21. The van der Waals surface area contributed by atoms with E-state index in [1.54, 1.807) is 0 Å². The molecule has 0 spiro atoms. The number of carboxylic acids is 1. The van der Waals surface area contributed by atoms with Gasteiger partial charge in [-0.05, 0) is 32.1 Å². The van der Waals surface area contributed by atoms with E-state index < -0.39 is 18.2 Å². The van der Waals surface area contributed by atoms with E-state index in [0.29, 0.717) is 37.4 Å². The Morgan fingerprint density at radius 1 is 1.23 bits per heavy atom. The summed E-state index contributed by atoms with van der Waals surface area (Å²) in [6.45, 7) is 0. The van der Waals surface area contributed by atoms with Gasteiger partial charge < -0.3 is 26.2 Å². The molecule has 9 nitrogen and oxygen atoms in total. The summed E-state index contributed by atoms with van der Waals surface area (Å²) in [5.74, 6) is -0.459. The molecule has 0 bridgehead atoms. The molecule has 0 radical (unpaired) electrons. The van der Waals surface area contributed by atoms with E-state index in [2.05, 4.69) is 10.6 Å². The van der Waals surface area contributed by atoms with Crippen LogP contribution in [-0.4, -0.2) is 58.4 Å². The number of nitrogens with one attached hydrogen (secondary N) is 2. The van der Waals surface area contributed by atoms with E-state index in [1.165, 1.54) is 0 Å². The van der Waals surface area contributed by atoms with Gasteiger partial charge in [0.15, 0.2) is 6.23 Å². The van der Waals surface area contributed by atoms with Gasteiger partial charge >= 0.3 is 18.0 Å². The molecule has 0 aromatic heterocycles. The number of aliphatic carboxylic acids is 1. The fraction of sp³-hybridized carbons (Fsp3) is 0.812. The van der Waals surface area contributed by atoms with E-state index in [-0.39, 0.29) is 24.1 Å². The molecule has 7 N–H and O–H groups in total. The monoisotopic (exact) mass is 388 g/mol. The lowest BCUT2D eigenvalue weighted by atomic mass is 10.0. The number of rotatable bonds is 11. The number of nitrogens with two attached hydrogens (primary N) is 2. The second kappa shape index (κ2) is 9.98. The Morgan fingerprint density at radius 2 is 2.00 bits per heavy atom. The van der Waals surface area contributed by atoms with Gasteiger partial charge in [-0.25, -0.2) is 4.79 Å². The van der Waals surface area contributed by atoms with Gasteiger partial charge in [-0.2, -0.15) is 11.8 Å². The average Bonchev–Trinajstić information content (AvgIpc) is 3.10. The number of carbonyl (C=O) groups is 3. The van der Waals surface area contributed by atoms with Gasteiger partial charge in [0.25, 0.3) is 0 Å². The Labute approximate surface area is 156 Å². The van der Waals surface area contributed by atoms with Crippen LogP contribution in [0.15, 0.2) is 0 Å². The fourth-order valence-corrected chi connectivity index (χ4v) is 4.75. The average molecular weight is 388 g/mol. The Bertz CT molecular complexity index is 521. The van der Waals surface area contributed by atoms with Gasteiger partial charge in [0.05, 0.1) is 12.1 Å². The highest BCUT2D eigenvalue weighted by Gasteiger charge is 2.42. The maximum Gasteiger partial charge on any atom is 0.320 e. The largest absolute Gasteiger partial charge is 0.480 e. The highest BCUT2D eigenvalue weighted by atomic mass is 32.2. The Hall–Kier alpha value is -1.52. The van der Waals surface area contributed by atoms with Gasteiger partial charge in [-0.1, -0.05) is 6.42 Å². The summed E-state index contributed by atoms with van der Waals surface area (Å²) < 4.78 is 5.13. The van der Waals surface area contributed by atoms with Crippen LogP contribution in [0.1, 0.15) is 44.9 Å². The van der Waals surface area contributed by atoms with Crippen molar-refractivity contribution in [2.24, 2.45) is 11.5 Å². The molecular formula is C16H28N4O5S. The number of amides is 2. The maximum absolute atomic E-state index is 11.8. The first-order valence-corrected chi connectivity index (χ1v) is 10.0. The van der Waals surface area contributed by atoms with Crippen molar-refractivity contribution >= 4 is 29.7 Å². The van der Waals surface area contributed by atoms with E-state index in [0.717, 1.165) is 18.6 Å². The van der Waals surface area contributed by atoms with E-state index in [1.807, 2.05) is 11.8 Å². The van der Waals surface area contributed by atoms with Gasteiger partial charge in [0, 0.05) is 17.4 Å². The van der Waals surface area contributed by atoms with Crippen molar-refractivity contribution in [3.05, 3.63) is 0 Å². The number of thioether (sulfide) groups is 1. The van der Waals surface area contributed by atoms with Crippen LogP contribution >= 0.6 is 11.8 Å². The second-order valence-electron chi connectivity index (χ2n) is 6.77. The fourth-order valence-electron chi connectivity index (χ4n) is 3.21. The molecule has 0 saturated carbocycles. The number of fused-ring (bicyclic) bond motifs is 1. The summed E-state index contributed by atoms with van der Waals surface area (Å²) in [6.07, 6.45) is 3.30. The van der Waals surface area contributed by atoms with Crippen LogP contribution in [0.2, 0.25) is 0 Å². The van der Waals surface area contributed by atoms with Crippen LogP contribution < -0.4 is 22.1 Å². The summed E-state index contributed by atoms with van der Waals surface area (Å²) in [5.41, 5.74) is 11.1. The van der Waals surface area contributed by atoms with Crippen LogP contribution in [0.5, 0.6) is 0 Å². The third-order valence-corrected chi connectivity index (χ3v) is 6.17. The smallest absolute Gasteiger partial charge is 0.320 e. The number of urea groups is 1. The first-order chi connectivity index (χ1) is 12.4. The van der Waals surface area contributed by atoms with Crippen molar-refractivity contribution in [2.75, 3.05) is 5.75 Å². The van der Waals surface area contributed by atoms with Crippen LogP contribution in [0.3, 0.4) is 0 Å². The molecule has 0 aliphatic carbocycles. The number of unbranched alkanes of at least 4 members (excludes halogenated alkanes) is 1. The molecule has 10 heteroatoms. The first-order valence-electron chi connectivity index (χ1n) is 8.99. The molecule has 2 heterocycles. The number of carboxylic acid groups (broad SMARTS) is 1. The van der Waals surface area contributed by atoms with Crippen LogP contribution in [0.25, 0.3) is 0 Å². The standard InChI is InChI=1S/C16H28N4O5S/c17-9(15(22)23)4-3-6-12(18)25-13(21)7-2-1-5-11-14-10(8-26-11)19-16(24)20-14/h9-12,14H,1-8,17-18H2,(H,22,23)(H2,19,20,24)/t9-,10-,11-,12?,14-/m0/s1. The molecular weight excluding hydrogens is 360 g/mol. The normalized spacial score (nSPS) is 26.5. The van der Waals surface area contributed by atoms with Gasteiger partial charge in [0.1, 0.15) is 6.04 Å². The molecule has 0 aromatic rings. The molecule has 2 aliphatic rings. The lowest BCUT2D eigenvalue weighted by molar-refractivity contribution is -0.149. The first kappa shape index (κ1) is 20.8. The highest BCUT2D eigenvalue weighted by Crippen LogP contribution is 2.33. The molecule has 2 fully saturated rings. The van der Waals surface area contributed by atoms with Gasteiger partial charge in [0.2, 0.25) is 0 Å². The quantitative estimate of drug-likeness (QED) is 0.145. The summed E-state index contributed by atoms with van der Waals surface area (Å²) in [6, 6.07) is -0.599. The summed E-state index contributed by atoms with van der Waals surface area (Å²) in [5, 5.41) is 14.9. The Morgan fingerprint density at radius 3 is 2.73 bits per heavy atom. The van der Waals surface area contributed by atoms with Crippen LogP contribution in [0, 0.1) is 0 Å². The van der Waals surface area contributed by atoms with Crippen molar-refractivity contribution < 1.29 is 24.2 Å². The number of carbonyl (C=O) groups excluding carboxylic acids is 2. The van der Waals surface area contributed by atoms with Gasteiger partial charge in [-0.3, -0.25) is 15.3 Å². The predicted octanol–water partition coefficient (Wildman–Crippen LogP) is 0.122. The lowest BCUT2D eigenvalue weighted by Gasteiger charge is -2.16. The third kappa shape index (κ3) is 6.33. The second-order valence-corrected chi connectivity index (χ2v) is 8.04. The van der Waals surface area contributed by atoms with Crippen molar-refractivity contribution in [2.45, 2.75) is 74.5 Å².